The second kappa shape index (κ2) is 3.95. The van der Waals surface area contributed by atoms with Crippen LogP contribution in [-0.4, -0.2) is 48.3 Å². The van der Waals surface area contributed by atoms with Crippen LogP contribution in [0.25, 0.3) is 0 Å². The zero-order valence-electron chi connectivity index (χ0n) is 8.37. The zero-order chi connectivity index (χ0) is 9.26. The van der Waals surface area contributed by atoms with E-state index in [1.165, 1.54) is 12.8 Å². The van der Waals surface area contributed by atoms with E-state index in [4.69, 9.17) is 0 Å². The molecule has 2 N–H and O–H groups in total. The summed E-state index contributed by atoms with van der Waals surface area (Å²) in [6, 6.07) is 0.723. The lowest BCUT2D eigenvalue weighted by Gasteiger charge is -2.31. The molecular formula is C10H20N2O. The van der Waals surface area contributed by atoms with Crippen molar-refractivity contribution < 1.29 is 5.11 Å². The Labute approximate surface area is 80.1 Å². The Kier molecular flexibility index (Phi) is 2.86. The average Bonchev–Trinajstić information content (AvgIpc) is 2.49. The third-order valence-electron chi connectivity index (χ3n) is 3.43. The van der Waals surface area contributed by atoms with Crippen LogP contribution < -0.4 is 5.32 Å². The van der Waals surface area contributed by atoms with Gasteiger partial charge in [0.15, 0.2) is 0 Å². The van der Waals surface area contributed by atoms with Gasteiger partial charge in [-0.05, 0) is 31.8 Å². The highest BCUT2D eigenvalue weighted by Crippen LogP contribution is 2.22. The second-order valence-corrected chi connectivity index (χ2v) is 4.48. The first kappa shape index (κ1) is 9.44. The van der Waals surface area contributed by atoms with Gasteiger partial charge in [-0.25, -0.2) is 0 Å². The maximum Gasteiger partial charge on any atom is 0.0704 e. The fraction of sp³-hybridized carbons (Fsp3) is 1.00. The van der Waals surface area contributed by atoms with E-state index in [2.05, 4.69) is 17.1 Å². The van der Waals surface area contributed by atoms with Gasteiger partial charge < -0.3 is 10.4 Å². The number of nitrogens with zero attached hydrogens (tertiary/aromatic N) is 1. The highest BCUT2D eigenvalue weighted by Gasteiger charge is 2.32. The molecule has 2 heterocycles. The van der Waals surface area contributed by atoms with E-state index >= 15 is 0 Å². The van der Waals surface area contributed by atoms with Crippen molar-refractivity contribution in [2.45, 2.75) is 31.9 Å². The molecule has 0 saturated carbocycles. The number of rotatable bonds is 1. The number of hydrogen-bond donors (Lipinski definition) is 2. The van der Waals surface area contributed by atoms with Crippen molar-refractivity contribution in [1.82, 2.24) is 10.2 Å². The van der Waals surface area contributed by atoms with E-state index < -0.39 is 0 Å². The Hall–Kier alpha value is -0.120. The molecule has 3 nitrogen and oxygen atoms in total. The van der Waals surface area contributed by atoms with E-state index in [1.807, 2.05) is 0 Å². The first-order valence-electron chi connectivity index (χ1n) is 5.40. The lowest BCUT2D eigenvalue weighted by Crippen LogP contribution is -2.42. The molecule has 2 aliphatic rings. The minimum Gasteiger partial charge on any atom is -0.391 e. The van der Waals surface area contributed by atoms with E-state index in [0.29, 0.717) is 5.92 Å². The maximum absolute atomic E-state index is 9.64. The number of aliphatic hydroxyl groups excluding tert-OH is 1. The molecule has 76 valence electrons. The van der Waals surface area contributed by atoms with Gasteiger partial charge in [0.1, 0.15) is 0 Å². The second-order valence-electron chi connectivity index (χ2n) is 4.48. The largest absolute Gasteiger partial charge is 0.391 e. The van der Waals surface area contributed by atoms with Gasteiger partial charge >= 0.3 is 0 Å². The lowest BCUT2D eigenvalue weighted by molar-refractivity contribution is 0.134. The van der Waals surface area contributed by atoms with Crippen LogP contribution in [0.2, 0.25) is 0 Å². The van der Waals surface area contributed by atoms with Crippen molar-refractivity contribution in [3.8, 4) is 0 Å². The topological polar surface area (TPSA) is 35.5 Å². The van der Waals surface area contributed by atoms with Gasteiger partial charge in [-0.3, -0.25) is 4.90 Å². The molecule has 0 bridgehead atoms. The molecule has 0 spiro atoms. The van der Waals surface area contributed by atoms with Crippen molar-refractivity contribution in [2.24, 2.45) is 5.92 Å². The fourth-order valence-electron chi connectivity index (χ4n) is 2.46. The molecule has 0 aromatic carbocycles. The molecule has 2 saturated heterocycles. The average molecular weight is 184 g/mol. The fourth-order valence-corrected chi connectivity index (χ4v) is 2.46. The Bertz CT molecular complexity index is 158. The molecule has 3 heteroatoms. The summed E-state index contributed by atoms with van der Waals surface area (Å²) >= 11 is 0. The van der Waals surface area contributed by atoms with Crippen LogP contribution in [0.1, 0.15) is 19.8 Å². The quantitative estimate of drug-likeness (QED) is 0.604. The van der Waals surface area contributed by atoms with Gasteiger partial charge in [-0.2, -0.15) is 0 Å². The highest BCUT2D eigenvalue weighted by molar-refractivity contribution is 4.87. The summed E-state index contributed by atoms with van der Waals surface area (Å²) in [5.41, 5.74) is 0. The van der Waals surface area contributed by atoms with Gasteiger partial charge in [0.2, 0.25) is 0 Å². The summed E-state index contributed by atoms with van der Waals surface area (Å²) in [6.07, 6.45) is 2.41. The van der Waals surface area contributed by atoms with Crippen molar-refractivity contribution in [3.63, 3.8) is 0 Å². The van der Waals surface area contributed by atoms with Crippen LogP contribution in [0.15, 0.2) is 0 Å². The summed E-state index contributed by atoms with van der Waals surface area (Å²) in [6.45, 7) is 6.42. The van der Waals surface area contributed by atoms with Crippen LogP contribution in [0.4, 0.5) is 0 Å². The van der Waals surface area contributed by atoms with E-state index in [9.17, 15) is 5.11 Å². The Morgan fingerprint density at radius 2 is 1.92 bits per heavy atom. The van der Waals surface area contributed by atoms with Gasteiger partial charge in [0.05, 0.1) is 6.10 Å². The molecule has 0 aliphatic carbocycles. The first-order chi connectivity index (χ1) is 6.27. The number of hydrogen-bond acceptors (Lipinski definition) is 3. The Balaban J connectivity index is 1.87. The van der Waals surface area contributed by atoms with Crippen molar-refractivity contribution in [1.29, 1.82) is 0 Å². The van der Waals surface area contributed by atoms with Crippen molar-refractivity contribution in [3.05, 3.63) is 0 Å². The molecule has 2 aliphatic heterocycles. The minimum absolute atomic E-state index is 0.0881. The van der Waals surface area contributed by atoms with Gasteiger partial charge in [0.25, 0.3) is 0 Å². The summed E-state index contributed by atoms with van der Waals surface area (Å²) in [5.74, 6) is 0.467. The Morgan fingerprint density at radius 3 is 2.46 bits per heavy atom. The first-order valence-corrected chi connectivity index (χ1v) is 5.40. The third kappa shape index (κ3) is 2.03. The zero-order valence-corrected chi connectivity index (χ0v) is 8.37. The normalized spacial score (nSPS) is 38.3. The number of nitrogens with one attached hydrogen (secondary N) is 1. The molecule has 2 rings (SSSR count). The number of β-amino-alcohol motifs (C(OH)–C–C–N with tert-alkyl or cyclic N) is 1. The predicted molar refractivity (Wildman–Crippen MR) is 52.6 cm³/mol. The molecule has 13 heavy (non-hydrogen) atoms. The molecule has 2 atom stereocenters. The van der Waals surface area contributed by atoms with Crippen LogP contribution in [0.5, 0.6) is 0 Å². The number of likely N-dealkylation sites (tertiary alicyclic amines) is 1. The summed E-state index contributed by atoms with van der Waals surface area (Å²) in [5, 5.41) is 13.0. The van der Waals surface area contributed by atoms with Gasteiger partial charge in [0, 0.05) is 19.1 Å². The third-order valence-corrected chi connectivity index (χ3v) is 3.43. The van der Waals surface area contributed by atoms with Crippen LogP contribution >= 0.6 is 0 Å². The molecule has 2 fully saturated rings. The molecule has 0 radical (unpaired) electrons. The van der Waals surface area contributed by atoms with Gasteiger partial charge in [-0.15, -0.1) is 0 Å². The highest BCUT2D eigenvalue weighted by atomic mass is 16.3. The molecule has 0 aromatic rings. The van der Waals surface area contributed by atoms with E-state index in [0.717, 1.165) is 32.2 Å². The van der Waals surface area contributed by atoms with E-state index in [-0.39, 0.29) is 6.10 Å². The molecule has 0 aromatic heterocycles. The van der Waals surface area contributed by atoms with Crippen LogP contribution in [0.3, 0.4) is 0 Å². The van der Waals surface area contributed by atoms with Gasteiger partial charge in [-0.1, -0.05) is 6.92 Å². The maximum atomic E-state index is 9.64. The SMILES string of the molecule is CC1CN(C2CCNCC2)CC1O. The standard InChI is InChI=1S/C10H20N2O/c1-8-6-12(7-10(8)13)9-2-4-11-5-3-9/h8-11,13H,2-7H2,1H3. The Morgan fingerprint density at radius 1 is 1.23 bits per heavy atom. The van der Waals surface area contributed by atoms with E-state index in [1.54, 1.807) is 0 Å². The molecule has 2 unspecified atom stereocenters. The number of piperidine rings is 1. The summed E-state index contributed by atoms with van der Waals surface area (Å²) < 4.78 is 0. The molecular weight excluding hydrogens is 164 g/mol. The van der Waals surface area contributed by atoms with Crippen LogP contribution in [0, 0.1) is 5.92 Å². The van der Waals surface area contributed by atoms with Crippen LogP contribution in [-0.2, 0) is 0 Å². The smallest absolute Gasteiger partial charge is 0.0704 e. The monoisotopic (exact) mass is 184 g/mol. The minimum atomic E-state index is -0.0881. The molecule has 0 amide bonds. The summed E-state index contributed by atoms with van der Waals surface area (Å²) in [4.78, 5) is 2.47. The lowest BCUT2D eigenvalue weighted by atomic mass is 10.1. The predicted octanol–water partition coefficient (Wildman–Crippen LogP) is 0.0510. The van der Waals surface area contributed by atoms with Crippen molar-refractivity contribution >= 4 is 0 Å². The summed E-state index contributed by atoms with van der Waals surface area (Å²) in [7, 11) is 0. The number of aliphatic hydroxyl groups is 1. The van der Waals surface area contributed by atoms with Crippen molar-refractivity contribution in [2.75, 3.05) is 26.2 Å².